The van der Waals surface area contributed by atoms with Crippen molar-refractivity contribution in [3.8, 4) is 6.07 Å². The fraction of sp³-hybridized carbons (Fsp3) is 0.424. The SMILES string of the molecule is CC.CN(CC(=O)N1CC(C=O)CC1C#N)C(=O)c1cc2c(F)cc(F)cc2[nH]1.CN1CCOCC1.CNc1ccc(C=O)cc1. The van der Waals surface area contributed by atoms with Gasteiger partial charge in [-0.25, -0.2) is 8.78 Å². The van der Waals surface area contributed by atoms with Crippen LogP contribution in [0.3, 0.4) is 0 Å². The van der Waals surface area contributed by atoms with Gasteiger partial charge >= 0.3 is 0 Å². The number of hydrogen-bond acceptors (Lipinski definition) is 8. The molecule has 1 aromatic heterocycles. The molecule has 3 heterocycles. The first-order valence-corrected chi connectivity index (χ1v) is 15.0. The molecule has 2 atom stereocenters. The number of likely N-dealkylation sites (tertiary alicyclic amines) is 1. The molecule has 3 aromatic rings. The monoisotopic (exact) mass is 640 g/mol. The number of amides is 2. The molecule has 13 heteroatoms. The molecule has 2 aliphatic heterocycles. The number of hydrogen-bond donors (Lipinski definition) is 2. The van der Waals surface area contributed by atoms with Gasteiger partial charge in [-0.3, -0.25) is 14.4 Å². The molecule has 5 rings (SSSR count). The number of rotatable bonds is 6. The van der Waals surface area contributed by atoms with Crippen LogP contribution in [0.5, 0.6) is 0 Å². The number of carbonyl (C=O) groups is 4. The molecule has 2 aromatic carbocycles. The lowest BCUT2D eigenvalue weighted by molar-refractivity contribution is -0.131. The number of nitrogens with zero attached hydrogens (tertiary/aromatic N) is 4. The number of nitriles is 1. The number of H-pyrrole nitrogens is 1. The van der Waals surface area contributed by atoms with E-state index < -0.39 is 35.4 Å². The summed E-state index contributed by atoms with van der Waals surface area (Å²) in [5, 5.41) is 12.2. The van der Waals surface area contributed by atoms with Crippen LogP contribution >= 0.6 is 0 Å². The highest BCUT2D eigenvalue weighted by Crippen LogP contribution is 2.23. The molecule has 46 heavy (non-hydrogen) atoms. The topological polar surface area (TPSA) is 139 Å². The molecule has 2 fully saturated rings. The quantitative estimate of drug-likeness (QED) is 0.386. The number of morpholine rings is 1. The lowest BCUT2D eigenvalue weighted by atomic mass is 10.1. The predicted octanol–water partition coefficient (Wildman–Crippen LogP) is 3.97. The molecule has 2 amide bonds. The maximum Gasteiger partial charge on any atom is 0.270 e. The second kappa shape index (κ2) is 19.0. The van der Waals surface area contributed by atoms with Gasteiger partial charge in [-0.2, -0.15) is 5.26 Å². The molecule has 0 aliphatic carbocycles. The van der Waals surface area contributed by atoms with Crippen molar-refractivity contribution in [2.45, 2.75) is 26.3 Å². The van der Waals surface area contributed by atoms with Gasteiger partial charge in [0.05, 0.1) is 31.3 Å². The van der Waals surface area contributed by atoms with Crippen molar-refractivity contribution in [2.75, 3.05) is 65.9 Å². The number of carbonyl (C=O) groups excluding carboxylic acids is 4. The average molecular weight is 641 g/mol. The van der Waals surface area contributed by atoms with Gasteiger partial charge in [-0.1, -0.05) is 13.8 Å². The highest BCUT2D eigenvalue weighted by Gasteiger charge is 2.35. The van der Waals surface area contributed by atoms with E-state index in [1.165, 1.54) is 18.0 Å². The summed E-state index contributed by atoms with van der Waals surface area (Å²) in [6.07, 6.45) is 1.82. The number of benzene rings is 2. The Balaban J connectivity index is 0.000000314. The maximum absolute atomic E-state index is 13.8. The number of aromatic amines is 1. The number of halogens is 2. The van der Waals surface area contributed by atoms with Crippen molar-refractivity contribution in [3.63, 3.8) is 0 Å². The predicted molar refractivity (Wildman–Crippen MR) is 172 cm³/mol. The average Bonchev–Trinajstić information content (AvgIpc) is 3.71. The number of fused-ring (bicyclic) bond motifs is 1. The Hall–Kier alpha value is -4.67. The smallest absolute Gasteiger partial charge is 0.270 e. The van der Waals surface area contributed by atoms with E-state index in [1.54, 1.807) is 12.1 Å². The Labute approximate surface area is 268 Å². The van der Waals surface area contributed by atoms with Crippen LogP contribution in [0.15, 0.2) is 42.5 Å². The third kappa shape index (κ3) is 10.7. The van der Waals surface area contributed by atoms with Crippen molar-refractivity contribution < 1.29 is 32.7 Å². The second-order valence-electron chi connectivity index (χ2n) is 10.4. The molecule has 11 nitrogen and oxygen atoms in total. The summed E-state index contributed by atoms with van der Waals surface area (Å²) >= 11 is 0. The van der Waals surface area contributed by atoms with Crippen LogP contribution in [-0.4, -0.2) is 111 Å². The van der Waals surface area contributed by atoms with Crippen LogP contribution in [0.4, 0.5) is 14.5 Å². The summed E-state index contributed by atoms with van der Waals surface area (Å²) in [5.41, 5.74) is 1.87. The zero-order chi connectivity index (χ0) is 34.2. The van der Waals surface area contributed by atoms with Crippen LogP contribution in [0, 0.1) is 28.9 Å². The normalized spacial score (nSPS) is 17.1. The molecular formula is C33H42F2N6O5. The van der Waals surface area contributed by atoms with Crippen LogP contribution in [0.25, 0.3) is 10.9 Å². The number of aromatic nitrogens is 1. The Kier molecular flexibility index (Phi) is 15.5. The van der Waals surface area contributed by atoms with Crippen molar-refractivity contribution >= 4 is 41.0 Å². The van der Waals surface area contributed by atoms with Crippen molar-refractivity contribution in [1.29, 1.82) is 5.26 Å². The Morgan fingerprint density at radius 1 is 1.13 bits per heavy atom. The van der Waals surface area contributed by atoms with E-state index >= 15 is 0 Å². The van der Waals surface area contributed by atoms with Gasteiger partial charge < -0.3 is 34.5 Å². The summed E-state index contributed by atoms with van der Waals surface area (Å²) in [6.45, 7) is 7.85. The van der Waals surface area contributed by atoms with Crippen LogP contribution in [0.1, 0.15) is 41.1 Å². The highest BCUT2D eigenvalue weighted by atomic mass is 19.1. The molecule has 248 valence electrons. The lowest BCUT2D eigenvalue weighted by Crippen LogP contribution is -2.43. The van der Waals surface area contributed by atoms with Crippen LogP contribution in [0.2, 0.25) is 0 Å². The van der Waals surface area contributed by atoms with Gasteiger partial charge in [0.25, 0.3) is 5.91 Å². The highest BCUT2D eigenvalue weighted by molar-refractivity contribution is 5.99. The molecule has 0 bridgehead atoms. The number of likely N-dealkylation sites (N-methyl/N-ethyl adjacent to an activating group) is 2. The summed E-state index contributed by atoms with van der Waals surface area (Å²) in [6, 6.07) is 11.6. The van der Waals surface area contributed by atoms with Gasteiger partial charge in [0, 0.05) is 62.4 Å². The minimum absolute atomic E-state index is 0.00817. The van der Waals surface area contributed by atoms with Gasteiger partial charge in [0.1, 0.15) is 35.9 Å². The zero-order valence-corrected chi connectivity index (χ0v) is 26.9. The fourth-order valence-corrected chi connectivity index (χ4v) is 4.59. The first kappa shape index (κ1) is 37.5. The number of nitrogens with one attached hydrogen (secondary N) is 2. The maximum atomic E-state index is 13.8. The van der Waals surface area contributed by atoms with Crippen LogP contribution < -0.4 is 5.32 Å². The minimum atomic E-state index is -0.798. The molecule has 0 saturated carbocycles. The van der Waals surface area contributed by atoms with Crippen molar-refractivity contribution in [1.82, 2.24) is 19.7 Å². The van der Waals surface area contributed by atoms with E-state index in [2.05, 4.69) is 22.2 Å². The fourth-order valence-electron chi connectivity index (χ4n) is 4.59. The van der Waals surface area contributed by atoms with Gasteiger partial charge in [-0.15, -0.1) is 0 Å². The van der Waals surface area contributed by atoms with Gasteiger partial charge in [0.2, 0.25) is 5.91 Å². The van der Waals surface area contributed by atoms with E-state index in [0.717, 1.165) is 55.3 Å². The molecule has 2 saturated heterocycles. The first-order chi connectivity index (χ1) is 22.1. The van der Waals surface area contributed by atoms with Gasteiger partial charge in [0.15, 0.2) is 0 Å². The molecule has 0 spiro atoms. The minimum Gasteiger partial charge on any atom is -0.388 e. The summed E-state index contributed by atoms with van der Waals surface area (Å²) in [4.78, 5) is 53.4. The number of ether oxygens (including phenoxy) is 1. The molecule has 2 aliphatic rings. The van der Waals surface area contributed by atoms with Crippen LogP contribution in [-0.2, 0) is 14.3 Å². The summed E-state index contributed by atoms with van der Waals surface area (Å²) in [5.74, 6) is -3.01. The van der Waals surface area contributed by atoms with E-state index in [1.807, 2.05) is 39.1 Å². The molecule has 2 N–H and O–H groups in total. The largest absolute Gasteiger partial charge is 0.388 e. The molecule has 0 radical (unpaired) electrons. The Morgan fingerprint density at radius 2 is 1.78 bits per heavy atom. The second-order valence-corrected chi connectivity index (χ2v) is 10.4. The van der Waals surface area contributed by atoms with E-state index in [0.29, 0.717) is 11.8 Å². The third-order valence-electron chi connectivity index (χ3n) is 7.17. The Morgan fingerprint density at radius 3 is 2.30 bits per heavy atom. The third-order valence-corrected chi connectivity index (χ3v) is 7.17. The number of aldehydes is 2. The van der Waals surface area contributed by atoms with E-state index in [9.17, 15) is 28.0 Å². The van der Waals surface area contributed by atoms with Crippen molar-refractivity contribution in [3.05, 3.63) is 65.4 Å². The van der Waals surface area contributed by atoms with Gasteiger partial charge in [-0.05, 0) is 49.9 Å². The molecule has 2 unspecified atom stereocenters. The van der Waals surface area contributed by atoms with E-state index in [4.69, 9.17) is 10.00 Å². The number of anilines is 1. The molecular weight excluding hydrogens is 598 g/mol. The van der Waals surface area contributed by atoms with E-state index in [-0.39, 0.29) is 36.1 Å². The first-order valence-electron chi connectivity index (χ1n) is 15.0. The standard InChI is InChI=1S/C18H16F2N4O3.C8H9NO.C5H11NO.C2H6/c1-23(8-17(26)24-7-10(9-25)2-12(24)6-21)18(27)16-5-13-14(20)3-11(19)4-15(13)22-16;1-9-8-4-2-7(6-10)3-5-8;1-6-2-4-7-5-3-6;1-2/h3-5,9-10,12,22H,2,7-8H2,1H3;2-6,9H,1H3;2-5H2,1H3;1-2H3. The van der Waals surface area contributed by atoms with Crippen molar-refractivity contribution in [2.24, 2.45) is 5.92 Å². The zero-order valence-electron chi connectivity index (χ0n) is 26.9. The Bertz CT molecular complexity index is 1480. The lowest BCUT2D eigenvalue weighted by Gasteiger charge is -2.23. The summed E-state index contributed by atoms with van der Waals surface area (Å²) in [7, 11) is 5.34. The summed E-state index contributed by atoms with van der Waals surface area (Å²) < 4.78 is 32.2.